The molecule has 0 aliphatic heterocycles. The predicted octanol–water partition coefficient (Wildman–Crippen LogP) is 3.49. The number of carbonyl (C=O) groups excluding carboxylic acids is 1. The van der Waals surface area contributed by atoms with E-state index in [4.69, 9.17) is 0 Å². The smallest absolute Gasteiger partial charge is 0.161 e. The van der Waals surface area contributed by atoms with Crippen LogP contribution < -0.4 is 0 Å². The van der Waals surface area contributed by atoms with Gasteiger partial charge in [-0.1, -0.05) is 12.1 Å². The number of aromatic nitrogens is 1. The molecule has 1 aliphatic carbocycles. The molecule has 0 unspecified atom stereocenters. The van der Waals surface area contributed by atoms with Crippen molar-refractivity contribution >= 4 is 16.7 Å². The molecular formula is C14H15NO. The Morgan fingerprint density at radius 1 is 1.38 bits per heavy atom. The molecule has 1 aromatic carbocycles. The van der Waals surface area contributed by atoms with E-state index in [1.807, 2.05) is 6.20 Å². The normalized spacial score (nSPS) is 15.6. The number of aryl methyl sites for hydroxylation is 1. The Hall–Kier alpha value is -1.57. The second-order valence-electron chi connectivity index (χ2n) is 4.71. The third-order valence-electron chi connectivity index (χ3n) is 3.39. The zero-order valence-corrected chi connectivity index (χ0v) is 9.66. The van der Waals surface area contributed by atoms with Crippen LogP contribution in [-0.4, -0.2) is 10.4 Å². The van der Waals surface area contributed by atoms with Crippen LogP contribution in [0.15, 0.2) is 24.4 Å². The number of hydrogen-bond donors (Lipinski definition) is 0. The molecule has 16 heavy (non-hydrogen) atoms. The van der Waals surface area contributed by atoms with Crippen LogP contribution in [0, 0.1) is 6.92 Å². The second-order valence-corrected chi connectivity index (χ2v) is 4.71. The largest absolute Gasteiger partial charge is 0.344 e. The Balaban J connectivity index is 2.37. The summed E-state index contributed by atoms with van der Waals surface area (Å²) in [6, 6.07) is 6.89. The molecule has 1 fully saturated rings. The van der Waals surface area contributed by atoms with Crippen LogP contribution >= 0.6 is 0 Å². The Morgan fingerprint density at radius 3 is 2.75 bits per heavy atom. The summed E-state index contributed by atoms with van der Waals surface area (Å²) in [6.45, 7) is 3.73. The summed E-state index contributed by atoms with van der Waals surface area (Å²) >= 11 is 0. The van der Waals surface area contributed by atoms with E-state index in [-0.39, 0.29) is 5.78 Å². The average Bonchev–Trinajstić information content (AvgIpc) is 2.99. The standard InChI is InChI=1S/C14H15NO/c1-9-4-3-5-13-14(9)12(10(2)16)8-15(13)11-6-7-11/h3-5,8,11H,6-7H2,1-2H3. The number of hydrogen-bond acceptors (Lipinski definition) is 1. The maximum atomic E-state index is 11.7. The van der Waals surface area contributed by atoms with Gasteiger partial charge in [0.15, 0.2) is 5.78 Å². The molecule has 2 heteroatoms. The van der Waals surface area contributed by atoms with Crippen molar-refractivity contribution in [3.63, 3.8) is 0 Å². The van der Waals surface area contributed by atoms with Gasteiger partial charge in [0, 0.05) is 28.7 Å². The number of rotatable bonds is 2. The Bertz CT molecular complexity index is 576. The van der Waals surface area contributed by atoms with Crippen LogP contribution in [0.3, 0.4) is 0 Å². The minimum Gasteiger partial charge on any atom is -0.344 e. The molecule has 0 bridgehead atoms. The van der Waals surface area contributed by atoms with Crippen LogP contribution in [0.5, 0.6) is 0 Å². The van der Waals surface area contributed by atoms with Gasteiger partial charge in [0.25, 0.3) is 0 Å². The summed E-state index contributed by atoms with van der Waals surface area (Å²) < 4.78 is 2.28. The van der Waals surface area contributed by atoms with Crippen molar-refractivity contribution in [1.29, 1.82) is 0 Å². The zero-order valence-electron chi connectivity index (χ0n) is 9.66. The minimum absolute atomic E-state index is 0.165. The summed E-state index contributed by atoms with van der Waals surface area (Å²) in [4.78, 5) is 11.7. The first-order valence-corrected chi connectivity index (χ1v) is 5.79. The first-order valence-electron chi connectivity index (χ1n) is 5.79. The van der Waals surface area contributed by atoms with Crippen molar-refractivity contribution in [1.82, 2.24) is 4.57 Å². The lowest BCUT2D eigenvalue weighted by Crippen LogP contribution is -1.91. The Morgan fingerprint density at radius 2 is 2.12 bits per heavy atom. The molecule has 0 saturated heterocycles. The fourth-order valence-electron chi connectivity index (χ4n) is 2.41. The van der Waals surface area contributed by atoms with E-state index in [0.717, 1.165) is 10.9 Å². The number of ketones is 1. The fraction of sp³-hybridized carbons (Fsp3) is 0.357. The lowest BCUT2D eigenvalue weighted by molar-refractivity contribution is 0.101. The fourth-order valence-corrected chi connectivity index (χ4v) is 2.41. The Labute approximate surface area is 94.9 Å². The van der Waals surface area contributed by atoms with E-state index >= 15 is 0 Å². The molecule has 0 spiro atoms. The summed E-state index contributed by atoms with van der Waals surface area (Å²) in [7, 11) is 0. The van der Waals surface area contributed by atoms with Gasteiger partial charge in [-0.05, 0) is 38.3 Å². The number of benzene rings is 1. The molecule has 0 radical (unpaired) electrons. The second kappa shape index (κ2) is 3.21. The highest BCUT2D eigenvalue weighted by Crippen LogP contribution is 2.39. The van der Waals surface area contributed by atoms with E-state index in [1.165, 1.54) is 23.9 Å². The van der Waals surface area contributed by atoms with Crippen molar-refractivity contribution in [3.8, 4) is 0 Å². The summed E-state index contributed by atoms with van der Waals surface area (Å²) in [5, 5.41) is 1.14. The number of fused-ring (bicyclic) bond motifs is 1. The van der Waals surface area contributed by atoms with Crippen LogP contribution in [-0.2, 0) is 0 Å². The van der Waals surface area contributed by atoms with Gasteiger partial charge in [-0.25, -0.2) is 0 Å². The van der Waals surface area contributed by atoms with Gasteiger partial charge in [0.1, 0.15) is 0 Å². The quantitative estimate of drug-likeness (QED) is 0.700. The van der Waals surface area contributed by atoms with Gasteiger partial charge in [-0.15, -0.1) is 0 Å². The molecule has 3 rings (SSSR count). The van der Waals surface area contributed by atoms with E-state index in [2.05, 4.69) is 29.7 Å². The van der Waals surface area contributed by atoms with Crippen LogP contribution in [0.2, 0.25) is 0 Å². The molecule has 0 N–H and O–H groups in total. The molecule has 1 heterocycles. The number of nitrogens with zero attached hydrogens (tertiary/aromatic N) is 1. The van der Waals surface area contributed by atoms with Crippen molar-refractivity contribution in [2.45, 2.75) is 32.7 Å². The predicted molar refractivity (Wildman–Crippen MR) is 65.0 cm³/mol. The molecule has 0 amide bonds. The molecule has 0 atom stereocenters. The van der Waals surface area contributed by atoms with E-state index in [0.29, 0.717) is 6.04 Å². The molecule has 2 nitrogen and oxygen atoms in total. The zero-order chi connectivity index (χ0) is 11.3. The average molecular weight is 213 g/mol. The molecule has 82 valence electrons. The molecule has 1 aromatic heterocycles. The highest BCUT2D eigenvalue weighted by molar-refractivity contribution is 6.08. The maximum Gasteiger partial charge on any atom is 0.161 e. The van der Waals surface area contributed by atoms with Crippen molar-refractivity contribution in [2.24, 2.45) is 0 Å². The van der Waals surface area contributed by atoms with Crippen molar-refractivity contribution < 1.29 is 4.79 Å². The third-order valence-corrected chi connectivity index (χ3v) is 3.39. The molecular weight excluding hydrogens is 198 g/mol. The first kappa shape index (κ1) is 9.64. The lowest BCUT2D eigenvalue weighted by Gasteiger charge is -2.02. The van der Waals surface area contributed by atoms with Gasteiger partial charge in [-0.2, -0.15) is 0 Å². The third kappa shape index (κ3) is 1.29. The van der Waals surface area contributed by atoms with Crippen LogP contribution in [0.1, 0.15) is 41.7 Å². The number of carbonyl (C=O) groups is 1. The van der Waals surface area contributed by atoms with Gasteiger partial charge in [-0.3, -0.25) is 4.79 Å². The van der Waals surface area contributed by atoms with E-state index in [9.17, 15) is 4.79 Å². The monoisotopic (exact) mass is 213 g/mol. The summed E-state index contributed by atoms with van der Waals surface area (Å²) in [5.74, 6) is 0.165. The summed E-state index contributed by atoms with van der Waals surface area (Å²) in [5.41, 5.74) is 3.29. The van der Waals surface area contributed by atoms with E-state index < -0.39 is 0 Å². The van der Waals surface area contributed by atoms with Crippen molar-refractivity contribution in [2.75, 3.05) is 0 Å². The molecule has 1 saturated carbocycles. The highest BCUT2D eigenvalue weighted by Gasteiger charge is 2.26. The van der Waals surface area contributed by atoms with Gasteiger partial charge < -0.3 is 4.57 Å². The minimum atomic E-state index is 0.165. The lowest BCUT2D eigenvalue weighted by atomic mass is 10.1. The van der Waals surface area contributed by atoms with Crippen LogP contribution in [0.25, 0.3) is 10.9 Å². The van der Waals surface area contributed by atoms with E-state index in [1.54, 1.807) is 6.92 Å². The van der Waals surface area contributed by atoms with Gasteiger partial charge in [0.2, 0.25) is 0 Å². The van der Waals surface area contributed by atoms with Crippen LogP contribution in [0.4, 0.5) is 0 Å². The molecule has 1 aliphatic rings. The van der Waals surface area contributed by atoms with Gasteiger partial charge in [0.05, 0.1) is 0 Å². The van der Waals surface area contributed by atoms with Gasteiger partial charge >= 0.3 is 0 Å². The maximum absolute atomic E-state index is 11.7. The first-order chi connectivity index (χ1) is 7.68. The Kier molecular flexibility index (Phi) is 1.93. The molecule has 2 aromatic rings. The highest BCUT2D eigenvalue weighted by atomic mass is 16.1. The van der Waals surface area contributed by atoms with Crippen molar-refractivity contribution in [3.05, 3.63) is 35.5 Å². The topological polar surface area (TPSA) is 22.0 Å². The summed E-state index contributed by atoms with van der Waals surface area (Å²) in [6.07, 6.45) is 4.53. The number of Topliss-reactive ketones (excluding diaryl/α,β-unsaturated/α-hetero) is 1. The SMILES string of the molecule is CC(=O)c1cn(C2CC2)c2cccc(C)c12.